The second kappa shape index (κ2) is 7.93. The predicted octanol–water partition coefficient (Wildman–Crippen LogP) is 5.22. The van der Waals surface area contributed by atoms with Gasteiger partial charge in [0.25, 0.3) is 5.91 Å². The minimum absolute atomic E-state index is 0.299. The first-order valence-corrected chi connectivity index (χ1v) is 11.9. The van der Waals surface area contributed by atoms with Crippen molar-refractivity contribution >= 4 is 48.7 Å². The summed E-state index contributed by atoms with van der Waals surface area (Å²) in [6, 6.07) is 24.5. The normalized spacial score (nSPS) is 11.4. The first-order valence-electron chi connectivity index (χ1n) is 9.26. The van der Waals surface area contributed by atoms with Gasteiger partial charge < -0.3 is 5.32 Å². The van der Waals surface area contributed by atoms with Crippen molar-refractivity contribution in [3.8, 4) is 10.4 Å². The number of hydrogen-bond donors (Lipinski definition) is 1. The van der Waals surface area contributed by atoms with E-state index in [-0.39, 0.29) is 5.91 Å². The monoisotopic (exact) mass is 436 g/mol. The molecule has 0 radical (unpaired) electrons. The molecule has 7 heteroatoms. The maximum atomic E-state index is 12.8. The molecule has 1 amide bonds. The molecule has 0 unspecified atom stereocenters. The summed E-state index contributed by atoms with van der Waals surface area (Å²) in [6.45, 7) is 0. The van der Waals surface area contributed by atoms with Gasteiger partial charge in [-0.2, -0.15) is 0 Å². The molecule has 30 heavy (non-hydrogen) atoms. The summed E-state index contributed by atoms with van der Waals surface area (Å²) in [7, 11) is -2.02. The summed E-state index contributed by atoms with van der Waals surface area (Å²) in [4.78, 5) is 13.8. The second-order valence-corrected chi connectivity index (χ2v) is 10.0. The fraction of sp³-hybridized carbons (Fsp3) is 0.0870. The molecular weight excluding hydrogens is 416 g/mol. The molecule has 0 bridgehead atoms. The molecule has 1 aromatic heterocycles. The van der Waals surface area contributed by atoms with E-state index in [2.05, 4.69) is 23.5 Å². The van der Waals surface area contributed by atoms with Gasteiger partial charge in [0.1, 0.15) is 0 Å². The molecule has 0 atom stereocenters. The first-order chi connectivity index (χ1) is 14.3. The number of anilines is 2. The van der Waals surface area contributed by atoms with E-state index in [0.29, 0.717) is 16.9 Å². The molecule has 4 aromatic rings. The summed E-state index contributed by atoms with van der Waals surface area (Å²) in [5.74, 6) is -0.299. The van der Waals surface area contributed by atoms with Crippen LogP contribution in [0.1, 0.15) is 10.4 Å². The number of nitrogens with one attached hydrogen (secondary N) is 1. The minimum Gasteiger partial charge on any atom is -0.320 e. The Morgan fingerprint density at radius 2 is 1.63 bits per heavy atom. The van der Waals surface area contributed by atoms with Crippen molar-refractivity contribution < 1.29 is 13.2 Å². The minimum atomic E-state index is -3.49. The Morgan fingerprint density at radius 1 is 0.933 bits per heavy atom. The summed E-state index contributed by atoms with van der Waals surface area (Å²) in [6.07, 6.45) is 1.13. The summed E-state index contributed by atoms with van der Waals surface area (Å²) in [5, 5.41) is 4.03. The highest BCUT2D eigenvalue weighted by Gasteiger charge is 2.19. The van der Waals surface area contributed by atoms with Crippen molar-refractivity contribution in [2.45, 2.75) is 0 Å². The van der Waals surface area contributed by atoms with Gasteiger partial charge in [-0.1, -0.05) is 42.5 Å². The SMILES string of the molecule is CN(c1ccc(-c2cc3ccccc3s2)cc1NC(=O)c1ccccc1)S(C)(=O)=O. The van der Waals surface area contributed by atoms with Crippen LogP contribution in [-0.2, 0) is 10.0 Å². The Hall–Kier alpha value is -3.16. The standard InChI is InChI=1S/C23H20N2O3S2/c1-25(30(2,27)28)20-13-12-18(22-15-17-10-6-7-11-21(17)29-22)14-19(20)24-23(26)16-8-4-3-5-9-16/h3-15H,1-2H3,(H,24,26). The van der Waals surface area contributed by atoms with E-state index in [4.69, 9.17) is 0 Å². The van der Waals surface area contributed by atoms with Gasteiger partial charge in [0.15, 0.2) is 0 Å². The number of carbonyl (C=O) groups excluding carboxylic acids is 1. The van der Waals surface area contributed by atoms with Gasteiger partial charge in [-0.15, -0.1) is 11.3 Å². The van der Waals surface area contributed by atoms with Crippen molar-refractivity contribution in [2.75, 3.05) is 22.9 Å². The van der Waals surface area contributed by atoms with E-state index in [1.165, 1.54) is 16.1 Å². The number of hydrogen-bond acceptors (Lipinski definition) is 4. The van der Waals surface area contributed by atoms with Gasteiger partial charge >= 0.3 is 0 Å². The highest BCUT2D eigenvalue weighted by molar-refractivity contribution is 7.92. The molecule has 3 aromatic carbocycles. The number of rotatable bonds is 5. The first kappa shape index (κ1) is 20.1. The molecule has 4 rings (SSSR count). The Labute approximate surface area is 179 Å². The molecule has 5 nitrogen and oxygen atoms in total. The van der Waals surface area contributed by atoms with E-state index < -0.39 is 10.0 Å². The molecule has 0 aliphatic heterocycles. The molecule has 0 aliphatic carbocycles. The lowest BCUT2D eigenvalue weighted by Crippen LogP contribution is -2.26. The van der Waals surface area contributed by atoms with Gasteiger partial charge in [0.2, 0.25) is 10.0 Å². The molecule has 0 aliphatic rings. The number of benzene rings is 3. The molecule has 152 valence electrons. The lowest BCUT2D eigenvalue weighted by Gasteiger charge is -2.21. The van der Waals surface area contributed by atoms with Crippen LogP contribution in [0, 0.1) is 0 Å². The van der Waals surface area contributed by atoms with Gasteiger partial charge in [0, 0.05) is 22.2 Å². The molecule has 0 saturated carbocycles. The van der Waals surface area contributed by atoms with E-state index in [9.17, 15) is 13.2 Å². The average molecular weight is 437 g/mol. The highest BCUT2D eigenvalue weighted by Crippen LogP contribution is 2.37. The van der Waals surface area contributed by atoms with Crippen LogP contribution in [0.2, 0.25) is 0 Å². The largest absolute Gasteiger partial charge is 0.320 e. The Balaban J connectivity index is 1.79. The Kier molecular flexibility index (Phi) is 5.32. The molecule has 0 fully saturated rings. The van der Waals surface area contributed by atoms with Crippen LogP contribution >= 0.6 is 11.3 Å². The molecule has 1 heterocycles. The van der Waals surface area contributed by atoms with Crippen LogP contribution in [0.25, 0.3) is 20.5 Å². The Morgan fingerprint density at radius 3 is 2.33 bits per heavy atom. The van der Waals surface area contributed by atoms with Crippen LogP contribution in [0.15, 0.2) is 78.9 Å². The van der Waals surface area contributed by atoms with Crippen molar-refractivity contribution in [1.82, 2.24) is 0 Å². The molecule has 1 N–H and O–H groups in total. The third kappa shape index (κ3) is 4.08. The lowest BCUT2D eigenvalue weighted by atomic mass is 10.1. The summed E-state index contributed by atoms with van der Waals surface area (Å²) >= 11 is 1.65. The number of fused-ring (bicyclic) bond motifs is 1. The number of amides is 1. The van der Waals surface area contributed by atoms with Crippen LogP contribution in [-0.4, -0.2) is 27.6 Å². The van der Waals surface area contributed by atoms with E-state index >= 15 is 0 Å². The Bertz CT molecular complexity index is 1300. The maximum absolute atomic E-state index is 12.8. The van der Waals surface area contributed by atoms with Gasteiger partial charge in [-0.25, -0.2) is 8.42 Å². The topological polar surface area (TPSA) is 66.5 Å². The third-order valence-electron chi connectivity index (χ3n) is 4.83. The summed E-state index contributed by atoms with van der Waals surface area (Å²) < 4.78 is 26.6. The van der Waals surface area contributed by atoms with Crippen LogP contribution in [0.4, 0.5) is 11.4 Å². The van der Waals surface area contributed by atoms with E-state index in [1.807, 2.05) is 30.3 Å². The van der Waals surface area contributed by atoms with Crippen molar-refractivity contribution in [3.63, 3.8) is 0 Å². The molecule has 0 saturated heterocycles. The van der Waals surface area contributed by atoms with Crippen molar-refractivity contribution in [1.29, 1.82) is 0 Å². The van der Waals surface area contributed by atoms with Crippen molar-refractivity contribution in [3.05, 3.63) is 84.4 Å². The highest BCUT2D eigenvalue weighted by atomic mass is 32.2. The number of carbonyl (C=O) groups is 1. The van der Waals surface area contributed by atoms with Gasteiger partial charge in [0.05, 0.1) is 17.6 Å². The van der Waals surface area contributed by atoms with E-state index in [1.54, 1.807) is 41.7 Å². The van der Waals surface area contributed by atoms with Crippen molar-refractivity contribution in [2.24, 2.45) is 0 Å². The quantitative estimate of drug-likeness (QED) is 0.467. The van der Waals surface area contributed by atoms with Gasteiger partial charge in [-0.05, 0) is 47.3 Å². The van der Waals surface area contributed by atoms with E-state index in [0.717, 1.165) is 22.1 Å². The van der Waals surface area contributed by atoms with Crippen LogP contribution in [0.3, 0.4) is 0 Å². The zero-order valence-electron chi connectivity index (χ0n) is 16.5. The lowest BCUT2D eigenvalue weighted by molar-refractivity contribution is 0.102. The number of thiophene rings is 1. The average Bonchev–Trinajstić information content (AvgIpc) is 3.17. The number of nitrogens with zero attached hydrogens (tertiary/aromatic N) is 1. The maximum Gasteiger partial charge on any atom is 0.255 e. The predicted molar refractivity (Wildman–Crippen MR) is 125 cm³/mol. The molecule has 0 spiro atoms. The second-order valence-electron chi connectivity index (χ2n) is 6.93. The fourth-order valence-corrected chi connectivity index (χ4v) is 4.73. The third-order valence-corrected chi connectivity index (χ3v) is 7.18. The molecular formula is C23H20N2O3S2. The van der Waals surface area contributed by atoms with Gasteiger partial charge in [-0.3, -0.25) is 9.10 Å². The fourth-order valence-electron chi connectivity index (χ4n) is 3.15. The van der Waals surface area contributed by atoms with Crippen LogP contribution < -0.4 is 9.62 Å². The number of sulfonamides is 1. The zero-order chi connectivity index (χ0) is 21.3. The smallest absolute Gasteiger partial charge is 0.255 e. The van der Waals surface area contributed by atoms with Crippen LogP contribution in [0.5, 0.6) is 0 Å². The summed E-state index contributed by atoms with van der Waals surface area (Å²) in [5.41, 5.74) is 2.25. The zero-order valence-corrected chi connectivity index (χ0v) is 18.1.